The van der Waals surface area contributed by atoms with Gasteiger partial charge in [-0.2, -0.15) is 4.98 Å². The number of anilines is 1. The minimum atomic E-state index is -0.319. The maximum Gasteiger partial charge on any atom is 0.409 e. The maximum atomic E-state index is 11.8. The average Bonchev–Trinajstić information content (AvgIpc) is 2.86. The van der Waals surface area contributed by atoms with Crippen molar-refractivity contribution >= 4 is 18.0 Å². The highest BCUT2D eigenvalue weighted by Gasteiger charge is 2.25. The van der Waals surface area contributed by atoms with E-state index in [1.807, 2.05) is 0 Å². The molecule has 1 aliphatic heterocycles. The van der Waals surface area contributed by atoms with Crippen molar-refractivity contribution in [3.05, 3.63) is 12.0 Å². The lowest BCUT2D eigenvalue weighted by Crippen LogP contribution is -2.46. The average molecular weight is 282 g/mol. The number of rotatable bonds is 3. The van der Waals surface area contributed by atoms with Gasteiger partial charge in [0.2, 0.25) is 0 Å². The van der Waals surface area contributed by atoms with Crippen molar-refractivity contribution in [2.75, 3.05) is 25.4 Å². The third-order valence-electron chi connectivity index (χ3n) is 3.11. The summed E-state index contributed by atoms with van der Waals surface area (Å²) in [5.41, 5.74) is 5.48. The van der Waals surface area contributed by atoms with Crippen molar-refractivity contribution in [1.29, 1.82) is 0 Å². The number of oxazole rings is 1. The Labute approximate surface area is 116 Å². The van der Waals surface area contributed by atoms with Crippen LogP contribution in [0.2, 0.25) is 0 Å². The van der Waals surface area contributed by atoms with Crippen molar-refractivity contribution in [2.45, 2.75) is 25.8 Å². The van der Waals surface area contributed by atoms with E-state index in [4.69, 9.17) is 14.9 Å². The summed E-state index contributed by atoms with van der Waals surface area (Å²) in [6.07, 6.45) is 2.27. The number of likely N-dealkylation sites (tertiary alicyclic amines) is 1. The first kappa shape index (κ1) is 14.2. The monoisotopic (exact) mass is 282 g/mol. The molecule has 1 aliphatic rings. The lowest BCUT2D eigenvalue weighted by molar-refractivity contribution is 0.0856. The Morgan fingerprint density at radius 3 is 2.80 bits per heavy atom. The number of nitrogens with zero attached hydrogens (tertiary/aromatic N) is 2. The van der Waals surface area contributed by atoms with Crippen molar-refractivity contribution in [1.82, 2.24) is 15.2 Å². The summed E-state index contributed by atoms with van der Waals surface area (Å²) in [5.74, 6) is -0.319. The van der Waals surface area contributed by atoms with Crippen LogP contribution in [0.4, 0.5) is 10.8 Å². The number of nitrogen functional groups attached to an aromatic ring is 1. The zero-order valence-corrected chi connectivity index (χ0v) is 11.3. The van der Waals surface area contributed by atoms with Crippen LogP contribution >= 0.6 is 0 Å². The highest BCUT2D eigenvalue weighted by Crippen LogP contribution is 2.12. The molecule has 20 heavy (non-hydrogen) atoms. The van der Waals surface area contributed by atoms with Crippen LogP contribution in [0.5, 0.6) is 0 Å². The summed E-state index contributed by atoms with van der Waals surface area (Å²) in [6, 6.07) is -0.0293. The first-order chi connectivity index (χ1) is 9.60. The normalized spacial score (nSPS) is 15.9. The molecule has 0 aliphatic carbocycles. The second kappa shape index (κ2) is 6.27. The summed E-state index contributed by atoms with van der Waals surface area (Å²) in [7, 11) is 0. The molecule has 1 saturated heterocycles. The molecule has 0 spiro atoms. The van der Waals surface area contributed by atoms with E-state index >= 15 is 0 Å². The summed E-state index contributed by atoms with van der Waals surface area (Å²) in [6.45, 7) is 3.26. The first-order valence-electron chi connectivity index (χ1n) is 6.53. The maximum absolute atomic E-state index is 11.8. The number of nitrogens with two attached hydrogens (primary N) is 1. The smallest absolute Gasteiger partial charge is 0.409 e. The number of nitrogens with one attached hydrogen (secondary N) is 1. The Morgan fingerprint density at radius 1 is 1.55 bits per heavy atom. The van der Waals surface area contributed by atoms with Crippen LogP contribution in [-0.4, -0.2) is 47.6 Å². The van der Waals surface area contributed by atoms with Crippen LogP contribution in [0.1, 0.15) is 30.3 Å². The summed E-state index contributed by atoms with van der Waals surface area (Å²) in [5, 5.41) is 2.84. The lowest BCUT2D eigenvalue weighted by Gasteiger charge is -2.31. The second-order valence-corrected chi connectivity index (χ2v) is 4.50. The summed E-state index contributed by atoms with van der Waals surface area (Å²) in [4.78, 5) is 28.8. The van der Waals surface area contributed by atoms with Gasteiger partial charge in [-0.1, -0.05) is 0 Å². The zero-order chi connectivity index (χ0) is 14.5. The third-order valence-corrected chi connectivity index (χ3v) is 3.11. The molecule has 2 heterocycles. The van der Waals surface area contributed by atoms with E-state index in [1.165, 1.54) is 6.26 Å². The summed E-state index contributed by atoms with van der Waals surface area (Å²) < 4.78 is 9.72. The quantitative estimate of drug-likeness (QED) is 0.840. The van der Waals surface area contributed by atoms with Crippen LogP contribution in [0.15, 0.2) is 10.7 Å². The standard InChI is InChI=1S/C12H18N4O4/c1-2-19-12(18)16-5-3-8(4-6-16)14-10(17)9-7-20-11(13)15-9/h7-8H,2-6H2,1H3,(H2,13,15)(H,14,17). The van der Waals surface area contributed by atoms with E-state index < -0.39 is 0 Å². The number of piperidine rings is 1. The number of aromatic nitrogens is 1. The molecule has 0 radical (unpaired) electrons. The van der Waals surface area contributed by atoms with E-state index in [-0.39, 0.29) is 29.8 Å². The SMILES string of the molecule is CCOC(=O)N1CCC(NC(=O)c2coc(N)n2)CC1. The highest BCUT2D eigenvalue weighted by molar-refractivity contribution is 5.92. The molecule has 2 amide bonds. The topological polar surface area (TPSA) is 111 Å². The molecule has 1 aromatic heterocycles. The second-order valence-electron chi connectivity index (χ2n) is 4.50. The lowest BCUT2D eigenvalue weighted by atomic mass is 10.1. The van der Waals surface area contributed by atoms with Gasteiger partial charge in [-0.05, 0) is 19.8 Å². The molecule has 0 atom stereocenters. The van der Waals surface area contributed by atoms with Crippen LogP contribution in [0, 0.1) is 0 Å². The van der Waals surface area contributed by atoms with E-state index in [0.717, 1.165) is 0 Å². The number of hydrogen-bond acceptors (Lipinski definition) is 6. The van der Waals surface area contributed by atoms with Crippen molar-refractivity contribution in [3.63, 3.8) is 0 Å². The number of carbonyl (C=O) groups excluding carboxylic acids is 2. The molecule has 0 saturated carbocycles. The molecule has 0 bridgehead atoms. The van der Waals surface area contributed by atoms with Crippen LogP contribution in [0.3, 0.4) is 0 Å². The molecule has 8 nitrogen and oxygen atoms in total. The zero-order valence-electron chi connectivity index (χ0n) is 11.3. The van der Waals surface area contributed by atoms with Crippen LogP contribution < -0.4 is 11.1 Å². The van der Waals surface area contributed by atoms with Gasteiger partial charge in [0.1, 0.15) is 6.26 Å². The molecule has 1 fully saturated rings. The number of ether oxygens (including phenoxy) is 1. The molecular formula is C12H18N4O4. The van der Waals surface area contributed by atoms with Crippen LogP contribution in [0.25, 0.3) is 0 Å². The molecule has 2 rings (SSSR count). The molecule has 3 N–H and O–H groups in total. The Hall–Kier alpha value is -2.25. The fraction of sp³-hybridized carbons (Fsp3) is 0.583. The van der Waals surface area contributed by atoms with Gasteiger partial charge in [0.15, 0.2) is 5.69 Å². The van der Waals surface area contributed by atoms with E-state index in [0.29, 0.717) is 32.5 Å². The predicted octanol–water partition coefficient (Wildman–Crippen LogP) is 0.607. The van der Waals surface area contributed by atoms with Gasteiger partial charge < -0.3 is 25.1 Å². The van der Waals surface area contributed by atoms with Gasteiger partial charge >= 0.3 is 6.09 Å². The van der Waals surface area contributed by atoms with Gasteiger partial charge in [0.05, 0.1) is 6.61 Å². The highest BCUT2D eigenvalue weighted by atomic mass is 16.6. The van der Waals surface area contributed by atoms with Gasteiger partial charge in [-0.25, -0.2) is 4.79 Å². The Kier molecular flexibility index (Phi) is 4.44. The fourth-order valence-corrected chi connectivity index (χ4v) is 2.07. The largest absolute Gasteiger partial charge is 0.450 e. The number of carbonyl (C=O) groups is 2. The fourth-order valence-electron chi connectivity index (χ4n) is 2.07. The Balaban J connectivity index is 1.80. The minimum Gasteiger partial charge on any atom is -0.450 e. The first-order valence-corrected chi connectivity index (χ1v) is 6.53. The molecule has 110 valence electrons. The molecule has 0 aromatic carbocycles. The van der Waals surface area contributed by atoms with Crippen LogP contribution in [-0.2, 0) is 4.74 Å². The molecular weight excluding hydrogens is 264 g/mol. The Morgan fingerprint density at radius 2 is 2.25 bits per heavy atom. The van der Waals surface area contributed by atoms with Crippen molar-refractivity contribution < 1.29 is 18.7 Å². The van der Waals surface area contributed by atoms with Gasteiger partial charge in [-0.15, -0.1) is 0 Å². The predicted molar refractivity (Wildman–Crippen MR) is 70.0 cm³/mol. The van der Waals surface area contributed by atoms with Gasteiger partial charge in [-0.3, -0.25) is 4.79 Å². The summed E-state index contributed by atoms with van der Waals surface area (Å²) >= 11 is 0. The molecule has 8 heteroatoms. The minimum absolute atomic E-state index is 0.00565. The van der Waals surface area contributed by atoms with E-state index in [9.17, 15) is 9.59 Å². The molecule has 1 aromatic rings. The molecule has 0 unspecified atom stereocenters. The van der Waals surface area contributed by atoms with Gasteiger partial charge in [0.25, 0.3) is 11.9 Å². The number of amides is 2. The van der Waals surface area contributed by atoms with Crippen molar-refractivity contribution in [3.8, 4) is 0 Å². The Bertz CT molecular complexity index is 480. The van der Waals surface area contributed by atoms with E-state index in [1.54, 1.807) is 11.8 Å². The van der Waals surface area contributed by atoms with Gasteiger partial charge in [0, 0.05) is 19.1 Å². The third kappa shape index (κ3) is 3.40. The number of hydrogen-bond donors (Lipinski definition) is 2. The van der Waals surface area contributed by atoms with E-state index in [2.05, 4.69) is 10.3 Å². The van der Waals surface area contributed by atoms with Crippen molar-refractivity contribution in [2.24, 2.45) is 0 Å².